The Bertz CT molecular complexity index is 1120. The van der Waals surface area contributed by atoms with Gasteiger partial charge in [-0.25, -0.2) is 19.7 Å². The molecule has 2 aliphatic heterocycles. The number of urea groups is 1. The Morgan fingerprint density at radius 3 is 2.93 bits per heavy atom. The molecule has 3 aromatic rings. The zero-order chi connectivity index (χ0) is 20.8. The Labute approximate surface area is 175 Å². The molecule has 2 aliphatic rings. The van der Waals surface area contributed by atoms with Crippen LogP contribution in [-0.2, 0) is 6.42 Å². The van der Waals surface area contributed by atoms with Crippen LogP contribution in [0.5, 0.6) is 0 Å². The third kappa shape index (κ3) is 3.24. The van der Waals surface area contributed by atoms with Crippen molar-refractivity contribution in [3.05, 3.63) is 41.6 Å². The Morgan fingerprint density at radius 1 is 1.23 bits per heavy atom. The number of amides is 2. The van der Waals surface area contributed by atoms with Crippen LogP contribution in [0.1, 0.15) is 23.9 Å². The summed E-state index contributed by atoms with van der Waals surface area (Å²) in [5.41, 5.74) is 4.63. The van der Waals surface area contributed by atoms with Gasteiger partial charge in [-0.1, -0.05) is 0 Å². The van der Waals surface area contributed by atoms with Crippen molar-refractivity contribution in [2.24, 2.45) is 0 Å². The van der Waals surface area contributed by atoms with Crippen molar-refractivity contribution in [3.8, 4) is 0 Å². The number of hydrogen-bond acceptors (Lipinski definition) is 6. The third-order valence-corrected chi connectivity index (χ3v) is 5.80. The molecule has 0 aliphatic carbocycles. The fraction of sp³-hybridized carbons (Fsp3) is 0.429. The summed E-state index contributed by atoms with van der Waals surface area (Å²) in [5.74, 6) is 1.38. The molecule has 0 bridgehead atoms. The van der Waals surface area contributed by atoms with Crippen molar-refractivity contribution in [2.45, 2.75) is 33.2 Å². The maximum atomic E-state index is 13.1. The number of piperazine rings is 1. The van der Waals surface area contributed by atoms with Crippen LogP contribution in [-0.4, -0.2) is 57.6 Å². The molecule has 1 fully saturated rings. The number of fused-ring (bicyclic) bond motifs is 2. The maximum Gasteiger partial charge on any atom is 0.327 e. The predicted octanol–water partition coefficient (Wildman–Crippen LogP) is 2.13. The minimum atomic E-state index is -0.187. The molecule has 0 aromatic carbocycles. The van der Waals surface area contributed by atoms with Gasteiger partial charge in [-0.15, -0.1) is 0 Å². The number of anilines is 3. The van der Waals surface area contributed by atoms with Crippen molar-refractivity contribution in [2.75, 3.05) is 41.3 Å². The lowest BCUT2D eigenvalue weighted by atomic mass is 10.1. The molecule has 156 valence electrons. The highest BCUT2D eigenvalue weighted by atomic mass is 16.2. The first kappa shape index (κ1) is 18.8. The van der Waals surface area contributed by atoms with Crippen molar-refractivity contribution in [3.63, 3.8) is 0 Å². The van der Waals surface area contributed by atoms with E-state index in [0.29, 0.717) is 24.1 Å². The zero-order valence-corrected chi connectivity index (χ0v) is 17.5. The largest absolute Gasteiger partial charge is 0.368 e. The number of rotatable bonds is 2. The Balaban J connectivity index is 1.40. The molecule has 1 atom stereocenters. The number of nitrogens with one attached hydrogen (secondary N) is 2. The van der Waals surface area contributed by atoms with Gasteiger partial charge in [0.15, 0.2) is 0 Å². The minimum Gasteiger partial charge on any atom is -0.368 e. The van der Waals surface area contributed by atoms with E-state index in [9.17, 15) is 4.79 Å². The second-order valence-electron chi connectivity index (χ2n) is 8.09. The van der Waals surface area contributed by atoms with Crippen LogP contribution in [0.15, 0.2) is 24.7 Å². The molecule has 5 rings (SSSR count). The molecule has 9 nitrogen and oxygen atoms in total. The van der Waals surface area contributed by atoms with E-state index in [-0.39, 0.29) is 6.03 Å². The summed E-state index contributed by atoms with van der Waals surface area (Å²) in [6.45, 7) is 9.49. The highest BCUT2D eigenvalue weighted by Crippen LogP contribution is 2.34. The van der Waals surface area contributed by atoms with Gasteiger partial charge in [-0.05, 0) is 33.3 Å². The number of carbonyl (C=O) groups excluding carboxylic acids is 1. The van der Waals surface area contributed by atoms with E-state index in [1.54, 1.807) is 11.1 Å². The van der Waals surface area contributed by atoms with E-state index >= 15 is 0 Å². The summed E-state index contributed by atoms with van der Waals surface area (Å²) >= 11 is 0. The lowest BCUT2D eigenvalue weighted by molar-refractivity contribution is 0.257. The van der Waals surface area contributed by atoms with Crippen molar-refractivity contribution in [1.82, 2.24) is 24.7 Å². The number of pyridine rings is 1. The standard InChI is InChI=1S/C21H26N8O/c1-13-10-27(9-7-22-13)18-4-6-23-19-16(18)5-8-29(19)21(30)26-17-12-28-11-14(2)24-20(28)25-15(17)3/h4,6,11-13,22H,5,7-10H2,1-3H3,(H,26,30)/t13-/m1/s1. The van der Waals surface area contributed by atoms with E-state index in [4.69, 9.17) is 0 Å². The number of imidazole rings is 1. The SMILES string of the molecule is Cc1cn2cc(NC(=O)N3CCc4c(N5CCN[C@H](C)C5)ccnc43)c(C)nc2n1. The van der Waals surface area contributed by atoms with Gasteiger partial charge >= 0.3 is 6.03 Å². The van der Waals surface area contributed by atoms with Gasteiger partial charge in [-0.2, -0.15) is 0 Å². The predicted molar refractivity (Wildman–Crippen MR) is 116 cm³/mol. The summed E-state index contributed by atoms with van der Waals surface area (Å²) in [7, 11) is 0. The second-order valence-corrected chi connectivity index (χ2v) is 8.09. The summed E-state index contributed by atoms with van der Waals surface area (Å²) in [6.07, 6.45) is 6.37. The van der Waals surface area contributed by atoms with Crippen molar-refractivity contribution < 1.29 is 4.79 Å². The number of hydrogen-bond donors (Lipinski definition) is 2. The lowest BCUT2D eigenvalue weighted by Gasteiger charge is -2.34. The molecule has 0 radical (unpaired) electrons. The normalized spacial score (nSPS) is 18.7. The first-order chi connectivity index (χ1) is 14.5. The van der Waals surface area contributed by atoms with Crippen LogP contribution in [0.25, 0.3) is 5.78 Å². The molecular formula is C21H26N8O. The van der Waals surface area contributed by atoms with Crippen LogP contribution >= 0.6 is 0 Å². The van der Waals surface area contributed by atoms with E-state index in [1.807, 2.05) is 30.6 Å². The summed E-state index contributed by atoms with van der Waals surface area (Å²) in [4.78, 5) is 30.6. The van der Waals surface area contributed by atoms with Crippen molar-refractivity contribution >= 4 is 29.0 Å². The van der Waals surface area contributed by atoms with Crippen LogP contribution < -0.4 is 20.4 Å². The summed E-state index contributed by atoms with van der Waals surface area (Å²) in [6, 6.07) is 2.33. The van der Waals surface area contributed by atoms with Crippen LogP contribution in [0, 0.1) is 13.8 Å². The summed E-state index contributed by atoms with van der Waals surface area (Å²) in [5, 5.41) is 6.49. The van der Waals surface area contributed by atoms with E-state index in [1.165, 1.54) is 5.69 Å². The lowest BCUT2D eigenvalue weighted by Crippen LogP contribution is -2.49. The zero-order valence-electron chi connectivity index (χ0n) is 17.5. The number of carbonyl (C=O) groups is 1. The maximum absolute atomic E-state index is 13.1. The number of aryl methyl sites for hydroxylation is 2. The molecule has 3 aromatic heterocycles. The monoisotopic (exact) mass is 406 g/mol. The topological polar surface area (TPSA) is 90.7 Å². The second kappa shape index (κ2) is 7.24. The van der Waals surface area contributed by atoms with Gasteiger partial charge in [-0.3, -0.25) is 9.30 Å². The van der Waals surface area contributed by atoms with E-state index in [0.717, 1.165) is 48.8 Å². The first-order valence-electron chi connectivity index (χ1n) is 10.4. The fourth-order valence-corrected chi connectivity index (χ4v) is 4.35. The third-order valence-electron chi connectivity index (χ3n) is 5.80. The fourth-order valence-electron chi connectivity index (χ4n) is 4.35. The molecule has 2 amide bonds. The van der Waals surface area contributed by atoms with Crippen LogP contribution in [0.4, 0.5) is 22.0 Å². The molecule has 1 saturated heterocycles. The number of nitrogens with zero attached hydrogens (tertiary/aromatic N) is 6. The van der Waals surface area contributed by atoms with Gasteiger partial charge in [0.25, 0.3) is 0 Å². The van der Waals surface area contributed by atoms with Crippen LogP contribution in [0.2, 0.25) is 0 Å². The van der Waals surface area contributed by atoms with E-state index < -0.39 is 0 Å². The van der Waals surface area contributed by atoms with Crippen LogP contribution in [0.3, 0.4) is 0 Å². The smallest absolute Gasteiger partial charge is 0.327 e. The van der Waals surface area contributed by atoms with Gasteiger partial charge in [0.1, 0.15) is 5.82 Å². The highest BCUT2D eigenvalue weighted by Gasteiger charge is 2.30. The van der Waals surface area contributed by atoms with E-state index in [2.05, 4.69) is 43.5 Å². The van der Waals surface area contributed by atoms with Crippen molar-refractivity contribution in [1.29, 1.82) is 0 Å². The van der Waals surface area contributed by atoms with Gasteiger partial charge in [0, 0.05) is 62.1 Å². The van der Waals surface area contributed by atoms with Gasteiger partial charge < -0.3 is 15.5 Å². The average molecular weight is 406 g/mol. The van der Waals surface area contributed by atoms with Gasteiger partial charge in [0.2, 0.25) is 5.78 Å². The Hall–Kier alpha value is -3.20. The molecule has 2 N–H and O–H groups in total. The average Bonchev–Trinajstić information content (AvgIpc) is 3.30. The Kier molecular flexibility index (Phi) is 4.54. The highest BCUT2D eigenvalue weighted by molar-refractivity contribution is 6.03. The minimum absolute atomic E-state index is 0.187. The van der Waals surface area contributed by atoms with Gasteiger partial charge in [0.05, 0.1) is 17.1 Å². The molecule has 30 heavy (non-hydrogen) atoms. The quantitative estimate of drug-likeness (QED) is 0.678. The summed E-state index contributed by atoms with van der Waals surface area (Å²) < 4.78 is 1.83. The number of aromatic nitrogens is 4. The first-order valence-corrected chi connectivity index (χ1v) is 10.4. The Morgan fingerprint density at radius 2 is 2.10 bits per heavy atom. The molecule has 0 saturated carbocycles. The molecular weight excluding hydrogens is 380 g/mol. The molecule has 0 spiro atoms. The molecule has 0 unspecified atom stereocenters. The molecule has 5 heterocycles. The molecule has 9 heteroatoms.